The molecule has 0 amide bonds. The summed E-state index contributed by atoms with van der Waals surface area (Å²) in [4.78, 5) is 12.7. The lowest BCUT2D eigenvalue weighted by Gasteiger charge is -2.20. The van der Waals surface area contributed by atoms with E-state index in [9.17, 15) is 9.18 Å². The van der Waals surface area contributed by atoms with E-state index in [1.807, 2.05) is 11.9 Å². The van der Waals surface area contributed by atoms with Crippen molar-refractivity contribution in [3.63, 3.8) is 0 Å². The Bertz CT molecular complexity index is 360. The number of carbonyl (C=O) groups excluding carboxylic acids is 1. The number of hydrogen-bond acceptors (Lipinski definition) is 2. The third kappa shape index (κ3) is 1.50. The zero-order valence-corrected chi connectivity index (χ0v) is 8.03. The first-order valence-corrected chi connectivity index (χ1v) is 4.70. The van der Waals surface area contributed by atoms with Crippen LogP contribution in [0.1, 0.15) is 23.2 Å². The molecule has 0 saturated heterocycles. The molecule has 2 rings (SSSR count). The molecule has 0 atom stereocenters. The summed E-state index contributed by atoms with van der Waals surface area (Å²) in [5.74, 6) is -0.440. The van der Waals surface area contributed by atoms with Crippen molar-refractivity contribution in [2.24, 2.45) is 0 Å². The number of benzene rings is 1. The average molecular weight is 193 g/mol. The molecule has 1 aromatic rings. The van der Waals surface area contributed by atoms with Crippen LogP contribution in [0.2, 0.25) is 0 Å². The molecule has 74 valence electrons. The largest absolute Gasteiger partial charge is 0.371 e. The molecule has 0 spiro atoms. The fourth-order valence-electron chi connectivity index (χ4n) is 1.61. The molecule has 0 N–H and O–H groups in total. The highest BCUT2D eigenvalue weighted by Gasteiger charge is 2.28. The molecule has 1 saturated carbocycles. The molecule has 1 aromatic carbocycles. The van der Waals surface area contributed by atoms with E-state index in [4.69, 9.17) is 0 Å². The van der Waals surface area contributed by atoms with Crippen LogP contribution in [0.5, 0.6) is 0 Å². The number of aldehydes is 1. The first-order valence-electron chi connectivity index (χ1n) is 4.70. The molecular formula is C11H12FNO. The molecule has 0 aliphatic heterocycles. The van der Waals surface area contributed by atoms with Gasteiger partial charge in [0.1, 0.15) is 5.82 Å². The Morgan fingerprint density at radius 1 is 1.50 bits per heavy atom. The van der Waals surface area contributed by atoms with E-state index >= 15 is 0 Å². The van der Waals surface area contributed by atoms with E-state index in [2.05, 4.69) is 0 Å². The fraction of sp³-hybridized carbons (Fsp3) is 0.364. The minimum absolute atomic E-state index is 0.168. The van der Waals surface area contributed by atoms with Gasteiger partial charge in [0.05, 0.1) is 11.3 Å². The summed E-state index contributed by atoms with van der Waals surface area (Å²) in [6.07, 6.45) is 2.85. The monoisotopic (exact) mass is 193 g/mol. The maximum Gasteiger partial charge on any atom is 0.155 e. The van der Waals surface area contributed by atoms with E-state index in [1.54, 1.807) is 12.1 Å². The molecule has 14 heavy (non-hydrogen) atoms. The van der Waals surface area contributed by atoms with Crippen LogP contribution in [0.4, 0.5) is 10.1 Å². The summed E-state index contributed by atoms with van der Waals surface area (Å²) in [6.45, 7) is 0. The second-order valence-corrected chi connectivity index (χ2v) is 3.63. The van der Waals surface area contributed by atoms with Gasteiger partial charge in [-0.15, -0.1) is 0 Å². The smallest absolute Gasteiger partial charge is 0.155 e. The predicted molar refractivity (Wildman–Crippen MR) is 53.2 cm³/mol. The van der Waals surface area contributed by atoms with Crippen LogP contribution in [-0.4, -0.2) is 19.4 Å². The second-order valence-electron chi connectivity index (χ2n) is 3.63. The topological polar surface area (TPSA) is 20.3 Å². The van der Waals surface area contributed by atoms with E-state index in [-0.39, 0.29) is 5.56 Å². The predicted octanol–water partition coefficient (Wildman–Crippen LogP) is 2.24. The molecule has 2 nitrogen and oxygen atoms in total. The van der Waals surface area contributed by atoms with Crippen LogP contribution in [0, 0.1) is 5.82 Å². The Morgan fingerprint density at radius 2 is 2.21 bits per heavy atom. The van der Waals surface area contributed by atoms with Crippen LogP contribution in [-0.2, 0) is 0 Å². The van der Waals surface area contributed by atoms with E-state index < -0.39 is 5.82 Å². The number of hydrogen-bond donors (Lipinski definition) is 0. The summed E-state index contributed by atoms with van der Waals surface area (Å²) >= 11 is 0. The average Bonchev–Trinajstić information content (AvgIpc) is 2.99. The Kier molecular flexibility index (Phi) is 2.23. The van der Waals surface area contributed by atoms with Crippen molar-refractivity contribution in [1.82, 2.24) is 0 Å². The Hall–Kier alpha value is -1.38. The molecule has 1 aliphatic rings. The summed E-state index contributed by atoms with van der Waals surface area (Å²) in [5.41, 5.74) is 0.865. The van der Waals surface area contributed by atoms with Gasteiger partial charge in [0.25, 0.3) is 0 Å². The van der Waals surface area contributed by atoms with E-state index in [1.165, 1.54) is 6.07 Å². The van der Waals surface area contributed by atoms with Gasteiger partial charge in [-0.1, -0.05) is 6.07 Å². The summed E-state index contributed by atoms with van der Waals surface area (Å²) < 4.78 is 13.2. The summed E-state index contributed by atoms with van der Waals surface area (Å²) in [7, 11) is 1.90. The SMILES string of the molecule is CN(c1cccc(F)c1C=O)C1CC1. The van der Waals surface area contributed by atoms with E-state index in [0.717, 1.165) is 12.8 Å². The van der Waals surface area contributed by atoms with Crippen LogP contribution >= 0.6 is 0 Å². The molecule has 3 heteroatoms. The molecule has 1 fully saturated rings. The number of halogens is 1. The highest BCUT2D eigenvalue weighted by Crippen LogP contribution is 2.32. The van der Waals surface area contributed by atoms with Gasteiger partial charge in [0, 0.05) is 13.1 Å². The standard InChI is InChI=1S/C11H12FNO/c1-13(8-5-6-8)11-4-2-3-10(12)9(11)7-14/h2-4,7-8H,5-6H2,1H3. The van der Waals surface area contributed by atoms with Gasteiger partial charge in [0.2, 0.25) is 0 Å². The van der Waals surface area contributed by atoms with Crippen molar-refractivity contribution in [3.8, 4) is 0 Å². The molecule has 0 heterocycles. The van der Waals surface area contributed by atoms with Crippen molar-refractivity contribution in [2.75, 3.05) is 11.9 Å². The third-order valence-electron chi connectivity index (χ3n) is 2.62. The zero-order valence-electron chi connectivity index (χ0n) is 8.03. The van der Waals surface area contributed by atoms with Crippen LogP contribution in [0.3, 0.4) is 0 Å². The van der Waals surface area contributed by atoms with Crippen LogP contribution in [0.25, 0.3) is 0 Å². The normalized spacial score (nSPS) is 15.3. The molecule has 0 unspecified atom stereocenters. The molecule has 1 aliphatic carbocycles. The van der Waals surface area contributed by atoms with Gasteiger partial charge >= 0.3 is 0 Å². The maximum atomic E-state index is 13.2. The van der Waals surface area contributed by atoms with Gasteiger partial charge in [0.15, 0.2) is 6.29 Å². The van der Waals surface area contributed by atoms with Crippen molar-refractivity contribution in [1.29, 1.82) is 0 Å². The molecule has 0 aromatic heterocycles. The maximum absolute atomic E-state index is 13.2. The third-order valence-corrected chi connectivity index (χ3v) is 2.62. The zero-order chi connectivity index (χ0) is 10.1. The lowest BCUT2D eigenvalue weighted by molar-refractivity contribution is 0.112. The highest BCUT2D eigenvalue weighted by molar-refractivity contribution is 5.85. The van der Waals surface area contributed by atoms with Crippen LogP contribution < -0.4 is 4.90 Å². The van der Waals surface area contributed by atoms with Crippen molar-refractivity contribution in [2.45, 2.75) is 18.9 Å². The van der Waals surface area contributed by atoms with E-state index in [0.29, 0.717) is 18.0 Å². The minimum Gasteiger partial charge on any atom is -0.371 e. The van der Waals surface area contributed by atoms with Gasteiger partial charge < -0.3 is 4.90 Å². The van der Waals surface area contributed by atoms with Gasteiger partial charge in [-0.2, -0.15) is 0 Å². The van der Waals surface area contributed by atoms with Crippen molar-refractivity contribution in [3.05, 3.63) is 29.6 Å². The summed E-state index contributed by atoms with van der Waals surface area (Å²) in [5, 5.41) is 0. The molecular weight excluding hydrogens is 181 g/mol. The Labute approximate surface area is 82.3 Å². The van der Waals surface area contributed by atoms with Gasteiger partial charge in [-0.3, -0.25) is 4.79 Å². The first kappa shape index (κ1) is 9.19. The Morgan fingerprint density at radius 3 is 2.79 bits per heavy atom. The lowest BCUT2D eigenvalue weighted by Crippen LogP contribution is -2.21. The number of nitrogens with zero attached hydrogens (tertiary/aromatic N) is 1. The molecule has 0 bridgehead atoms. The summed E-state index contributed by atoms with van der Waals surface area (Å²) in [6, 6.07) is 5.21. The number of rotatable bonds is 3. The molecule has 0 radical (unpaired) electrons. The van der Waals surface area contributed by atoms with Gasteiger partial charge in [-0.05, 0) is 25.0 Å². The van der Waals surface area contributed by atoms with Crippen molar-refractivity contribution >= 4 is 12.0 Å². The lowest BCUT2D eigenvalue weighted by atomic mass is 10.1. The quantitative estimate of drug-likeness (QED) is 0.686. The van der Waals surface area contributed by atoms with Gasteiger partial charge in [-0.25, -0.2) is 4.39 Å². The Balaban J connectivity index is 2.39. The second kappa shape index (κ2) is 3.40. The highest BCUT2D eigenvalue weighted by atomic mass is 19.1. The van der Waals surface area contributed by atoms with Crippen molar-refractivity contribution < 1.29 is 9.18 Å². The number of anilines is 1. The first-order chi connectivity index (χ1) is 6.74. The van der Waals surface area contributed by atoms with Crippen LogP contribution in [0.15, 0.2) is 18.2 Å². The minimum atomic E-state index is -0.440. The fourth-order valence-corrected chi connectivity index (χ4v) is 1.61. The number of carbonyl (C=O) groups is 1.